The molecule has 2 unspecified atom stereocenters. The second-order valence-electron chi connectivity index (χ2n) is 8.47. The normalized spacial score (nSPS) is 22.0. The lowest BCUT2D eigenvalue weighted by molar-refractivity contribution is 0.0713. The highest BCUT2D eigenvalue weighted by atomic mass is 16.6. The van der Waals surface area contributed by atoms with E-state index in [1.54, 1.807) is 4.90 Å². The number of hydrogen-bond acceptors (Lipinski definition) is 7. The van der Waals surface area contributed by atoms with Gasteiger partial charge in [0.2, 0.25) is 5.89 Å². The second-order valence-corrected chi connectivity index (χ2v) is 8.47. The van der Waals surface area contributed by atoms with E-state index >= 15 is 0 Å². The number of piperidine rings is 1. The molecule has 2 atom stereocenters. The highest BCUT2D eigenvalue weighted by molar-refractivity contribution is 6.00. The van der Waals surface area contributed by atoms with Crippen LogP contribution in [0.4, 0.5) is 0 Å². The van der Waals surface area contributed by atoms with Gasteiger partial charge in [-0.1, -0.05) is 52.8 Å². The van der Waals surface area contributed by atoms with Crippen molar-refractivity contribution in [2.24, 2.45) is 5.16 Å². The van der Waals surface area contributed by atoms with Crippen LogP contribution in [0.1, 0.15) is 53.3 Å². The second kappa shape index (κ2) is 9.54. The van der Waals surface area contributed by atoms with Crippen LogP contribution in [0.2, 0.25) is 0 Å². The molecular formula is C25H27N5O3. The first kappa shape index (κ1) is 21.3. The van der Waals surface area contributed by atoms with E-state index in [2.05, 4.69) is 32.7 Å². The summed E-state index contributed by atoms with van der Waals surface area (Å²) in [6, 6.07) is 17.4. The molecule has 170 valence electrons. The molecule has 2 aliphatic rings. The Morgan fingerprint density at radius 3 is 2.67 bits per heavy atom. The fourth-order valence-corrected chi connectivity index (χ4v) is 4.56. The number of benzene rings is 2. The lowest BCUT2D eigenvalue weighted by atomic mass is 9.99. The Bertz CT molecular complexity index is 1120. The van der Waals surface area contributed by atoms with E-state index in [9.17, 15) is 4.79 Å². The van der Waals surface area contributed by atoms with Crippen LogP contribution < -0.4 is 5.32 Å². The standard InChI is InChI=1S/C25H27N5O3/c1-32-28-21-14-22(24-27-23(29-33-24)20-8-5-13-26-15-20)30(16-21)25(31)19-11-9-18(10-12-19)17-6-3-2-4-7-17/h2-4,6-7,9-12,20,22,26H,5,8,13-16H2,1H3/b28-21+. The summed E-state index contributed by atoms with van der Waals surface area (Å²) in [4.78, 5) is 24.9. The summed E-state index contributed by atoms with van der Waals surface area (Å²) in [7, 11) is 1.51. The van der Waals surface area contributed by atoms with Gasteiger partial charge in [-0.3, -0.25) is 4.79 Å². The van der Waals surface area contributed by atoms with Crippen molar-refractivity contribution >= 4 is 11.6 Å². The first-order valence-electron chi connectivity index (χ1n) is 11.3. The molecule has 1 amide bonds. The van der Waals surface area contributed by atoms with Gasteiger partial charge >= 0.3 is 0 Å². The number of oxime groups is 1. The molecule has 0 bridgehead atoms. The predicted molar refractivity (Wildman–Crippen MR) is 124 cm³/mol. The molecule has 0 saturated carbocycles. The van der Waals surface area contributed by atoms with Crippen molar-refractivity contribution in [3.8, 4) is 11.1 Å². The van der Waals surface area contributed by atoms with Crippen LogP contribution in [0, 0.1) is 0 Å². The smallest absolute Gasteiger partial charge is 0.254 e. The lowest BCUT2D eigenvalue weighted by Gasteiger charge is -2.21. The minimum absolute atomic E-state index is 0.0972. The molecule has 2 fully saturated rings. The van der Waals surface area contributed by atoms with Gasteiger partial charge in [0.1, 0.15) is 13.2 Å². The maximum absolute atomic E-state index is 13.5. The van der Waals surface area contributed by atoms with Gasteiger partial charge < -0.3 is 19.6 Å². The van der Waals surface area contributed by atoms with Crippen molar-refractivity contribution in [2.75, 3.05) is 26.7 Å². The Hall–Kier alpha value is -3.52. The Kier molecular flexibility index (Phi) is 6.17. The van der Waals surface area contributed by atoms with E-state index in [0.29, 0.717) is 30.2 Å². The van der Waals surface area contributed by atoms with Crippen molar-refractivity contribution in [2.45, 2.75) is 31.2 Å². The van der Waals surface area contributed by atoms with Gasteiger partial charge in [-0.25, -0.2) is 0 Å². The van der Waals surface area contributed by atoms with Crippen molar-refractivity contribution in [1.29, 1.82) is 0 Å². The predicted octanol–water partition coefficient (Wildman–Crippen LogP) is 3.79. The molecule has 1 aromatic heterocycles. The van der Waals surface area contributed by atoms with Crippen molar-refractivity contribution in [1.82, 2.24) is 20.4 Å². The SMILES string of the molecule is CO/N=C1\CC(c2nc(C3CCCNC3)no2)N(C(=O)c2ccc(-c3ccccc3)cc2)C1. The zero-order valence-electron chi connectivity index (χ0n) is 18.6. The Morgan fingerprint density at radius 2 is 1.94 bits per heavy atom. The van der Waals surface area contributed by atoms with E-state index in [-0.39, 0.29) is 17.9 Å². The van der Waals surface area contributed by atoms with Gasteiger partial charge in [-0.2, -0.15) is 4.98 Å². The largest absolute Gasteiger partial charge is 0.399 e. The number of amides is 1. The maximum Gasteiger partial charge on any atom is 0.254 e. The van der Waals surface area contributed by atoms with E-state index in [0.717, 1.165) is 42.8 Å². The van der Waals surface area contributed by atoms with E-state index in [1.165, 1.54) is 7.11 Å². The molecule has 3 aromatic rings. The third-order valence-electron chi connectivity index (χ3n) is 6.28. The molecule has 0 spiro atoms. The number of rotatable bonds is 5. The summed E-state index contributed by atoms with van der Waals surface area (Å²) < 4.78 is 5.64. The van der Waals surface area contributed by atoms with E-state index in [1.807, 2.05) is 42.5 Å². The summed E-state index contributed by atoms with van der Waals surface area (Å²) in [5, 5.41) is 11.7. The van der Waals surface area contributed by atoms with Crippen molar-refractivity contribution < 1.29 is 14.2 Å². The van der Waals surface area contributed by atoms with Gasteiger partial charge in [0, 0.05) is 24.4 Å². The van der Waals surface area contributed by atoms with Crippen LogP contribution in [0.25, 0.3) is 11.1 Å². The molecule has 0 radical (unpaired) electrons. The van der Waals surface area contributed by atoms with Gasteiger partial charge in [-0.15, -0.1) is 0 Å². The summed E-state index contributed by atoms with van der Waals surface area (Å²) in [6.45, 7) is 2.23. The van der Waals surface area contributed by atoms with Crippen LogP contribution >= 0.6 is 0 Å². The number of likely N-dealkylation sites (tertiary alicyclic amines) is 1. The fraction of sp³-hybridized carbons (Fsp3) is 0.360. The number of carbonyl (C=O) groups is 1. The Morgan fingerprint density at radius 1 is 1.15 bits per heavy atom. The quantitative estimate of drug-likeness (QED) is 0.601. The number of nitrogens with zero attached hydrogens (tertiary/aromatic N) is 4. The monoisotopic (exact) mass is 445 g/mol. The van der Waals surface area contributed by atoms with Crippen LogP contribution in [-0.4, -0.2) is 53.4 Å². The summed E-state index contributed by atoms with van der Waals surface area (Å²) in [5.74, 6) is 1.29. The minimum Gasteiger partial charge on any atom is -0.399 e. The highest BCUT2D eigenvalue weighted by Gasteiger charge is 2.39. The van der Waals surface area contributed by atoms with Gasteiger partial charge in [0.05, 0.1) is 12.3 Å². The molecule has 2 saturated heterocycles. The zero-order valence-corrected chi connectivity index (χ0v) is 18.6. The molecule has 8 nitrogen and oxygen atoms in total. The minimum atomic E-state index is -0.363. The number of nitrogens with one attached hydrogen (secondary N) is 1. The van der Waals surface area contributed by atoms with E-state index < -0.39 is 0 Å². The Balaban J connectivity index is 1.38. The van der Waals surface area contributed by atoms with Crippen LogP contribution in [0.5, 0.6) is 0 Å². The van der Waals surface area contributed by atoms with Gasteiger partial charge in [0.15, 0.2) is 5.82 Å². The molecular weight excluding hydrogens is 418 g/mol. The maximum atomic E-state index is 13.5. The summed E-state index contributed by atoms with van der Waals surface area (Å²) in [5.41, 5.74) is 3.56. The lowest BCUT2D eigenvalue weighted by Crippen LogP contribution is -2.31. The molecule has 2 aliphatic heterocycles. The number of carbonyl (C=O) groups excluding carboxylic acids is 1. The van der Waals surface area contributed by atoms with E-state index in [4.69, 9.17) is 9.36 Å². The van der Waals surface area contributed by atoms with Gasteiger partial charge in [0.25, 0.3) is 5.91 Å². The molecule has 2 aromatic carbocycles. The number of aromatic nitrogens is 2. The van der Waals surface area contributed by atoms with Crippen LogP contribution in [-0.2, 0) is 4.84 Å². The molecule has 8 heteroatoms. The topological polar surface area (TPSA) is 92.8 Å². The zero-order chi connectivity index (χ0) is 22.6. The molecule has 33 heavy (non-hydrogen) atoms. The summed E-state index contributed by atoms with van der Waals surface area (Å²) >= 11 is 0. The average molecular weight is 446 g/mol. The van der Waals surface area contributed by atoms with Crippen LogP contribution in [0.3, 0.4) is 0 Å². The molecule has 1 N–H and O–H groups in total. The third kappa shape index (κ3) is 4.52. The van der Waals surface area contributed by atoms with Crippen LogP contribution in [0.15, 0.2) is 64.3 Å². The molecule has 3 heterocycles. The number of hydrogen-bond donors (Lipinski definition) is 1. The Labute approximate surface area is 192 Å². The average Bonchev–Trinajstić information content (AvgIpc) is 3.53. The first-order chi connectivity index (χ1) is 16.2. The van der Waals surface area contributed by atoms with Gasteiger partial charge in [-0.05, 0) is 42.6 Å². The highest BCUT2D eigenvalue weighted by Crippen LogP contribution is 2.33. The fourth-order valence-electron chi connectivity index (χ4n) is 4.56. The molecule has 0 aliphatic carbocycles. The first-order valence-corrected chi connectivity index (χ1v) is 11.3. The summed E-state index contributed by atoms with van der Waals surface area (Å²) in [6.07, 6.45) is 2.63. The molecule has 5 rings (SSSR count). The van der Waals surface area contributed by atoms with Crippen molar-refractivity contribution in [3.05, 3.63) is 71.9 Å². The van der Waals surface area contributed by atoms with Crippen molar-refractivity contribution in [3.63, 3.8) is 0 Å². The third-order valence-corrected chi connectivity index (χ3v) is 6.28.